The lowest BCUT2D eigenvalue weighted by Crippen LogP contribution is -2.58. The third kappa shape index (κ3) is 5.45. The van der Waals surface area contributed by atoms with Crippen molar-refractivity contribution in [1.29, 1.82) is 0 Å². The van der Waals surface area contributed by atoms with Crippen LogP contribution in [0.25, 0.3) is 11.3 Å². The number of carbonyl (C=O) groups excluding carboxylic acids is 1. The number of hydrogen-bond donors (Lipinski definition) is 2. The van der Waals surface area contributed by atoms with E-state index in [1.54, 1.807) is 41.3 Å². The Bertz CT molecular complexity index is 1540. The summed E-state index contributed by atoms with van der Waals surface area (Å²) in [5, 5.41) is 16.8. The van der Waals surface area contributed by atoms with Gasteiger partial charge in [-0.2, -0.15) is 0 Å². The predicted molar refractivity (Wildman–Crippen MR) is 147 cm³/mol. The molecule has 0 radical (unpaired) electrons. The van der Waals surface area contributed by atoms with E-state index in [0.29, 0.717) is 47.7 Å². The molecule has 1 aromatic heterocycles. The molecule has 0 fully saturated rings. The molecule has 3 aromatic carbocycles. The maximum Gasteiger partial charge on any atom is 0.303 e. The lowest BCUT2D eigenvalue weighted by atomic mass is 9.93. The zero-order valence-electron chi connectivity index (χ0n) is 22.2. The van der Waals surface area contributed by atoms with Crippen molar-refractivity contribution in [3.8, 4) is 11.3 Å². The van der Waals surface area contributed by atoms with E-state index < -0.39 is 17.4 Å². The van der Waals surface area contributed by atoms with E-state index in [-0.39, 0.29) is 24.1 Å². The summed E-state index contributed by atoms with van der Waals surface area (Å²) in [6.07, 6.45) is 1.52. The third-order valence-corrected chi connectivity index (χ3v) is 7.36. The minimum Gasteiger partial charge on any atom is -0.481 e. The smallest absolute Gasteiger partial charge is 0.303 e. The van der Waals surface area contributed by atoms with Crippen LogP contribution in [0.5, 0.6) is 0 Å². The van der Waals surface area contributed by atoms with Crippen molar-refractivity contribution in [3.63, 3.8) is 0 Å². The van der Waals surface area contributed by atoms with Gasteiger partial charge in [-0.15, -0.1) is 0 Å². The number of nitrogens with zero attached hydrogens (tertiary/aromatic N) is 2. The lowest BCUT2D eigenvalue weighted by Gasteiger charge is -2.46. The topological polar surface area (TPSA) is 95.7 Å². The van der Waals surface area contributed by atoms with Crippen LogP contribution >= 0.6 is 0 Å². The number of carboxylic acid groups (broad SMARTS) is 1. The highest BCUT2D eigenvalue weighted by Gasteiger charge is 2.42. The second-order valence-electron chi connectivity index (χ2n) is 10.3. The molecule has 7 nitrogen and oxygen atoms in total. The Kier molecular flexibility index (Phi) is 7.38. The number of fused-ring (bicyclic) bond motifs is 1. The van der Waals surface area contributed by atoms with Crippen molar-refractivity contribution in [2.45, 2.75) is 51.1 Å². The number of anilines is 2. The first-order valence-electron chi connectivity index (χ1n) is 13.1. The second-order valence-corrected chi connectivity index (χ2v) is 10.3. The van der Waals surface area contributed by atoms with Gasteiger partial charge < -0.3 is 14.9 Å². The zero-order chi connectivity index (χ0) is 28.4. The van der Waals surface area contributed by atoms with Gasteiger partial charge in [0, 0.05) is 35.3 Å². The number of halogens is 2. The quantitative estimate of drug-likeness (QED) is 0.216. The molecule has 1 aliphatic rings. The number of aliphatic carboxylic acids is 1. The van der Waals surface area contributed by atoms with E-state index in [4.69, 9.17) is 9.63 Å². The number of amides is 1. The Morgan fingerprint density at radius 2 is 1.70 bits per heavy atom. The van der Waals surface area contributed by atoms with Crippen LogP contribution in [0.4, 0.5) is 20.2 Å². The molecule has 5 rings (SSSR count). The van der Waals surface area contributed by atoms with Crippen molar-refractivity contribution in [1.82, 2.24) is 5.16 Å². The SMILES string of the molecule is C[C@H](c1ccc(F)cc1)c1cc(-c2ccc3c(c2)NC(C)(CCCCC(=O)O)N(c2ccc(F)cc2)C3=O)no1. The number of benzene rings is 3. The number of rotatable bonds is 9. The zero-order valence-corrected chi connectivity index (χ0v) is 22.2. The van der Waals surface area contributed by atoms with Gasteiger partial charge in [0.1, 0.15) is 28.8 Å². The summed E-state index contributed by atoms with van der Waals surface area (Å²) in [5.74, 6) is -1.36. The van der Waals surface area contributed by atoms with Gasteiger partial charge in [0.15, 0.2) is 0 Å². The molecule has 0 bridgehead atoms. The Balaban J connectivity index is 1.45. The van der Waals surface area contributed by atoms with Gasteiger partial charge in [-0.25, -0.2) is 8.78 Å². The average Bonchev–Trinajstić information content (AvgIpc) is 3.42. The summed E-state index contributed by atoms with van der Waals surface area (Å²) in [6.45, 7) is 3.83. The summed E-state index contributed by atoms with van der Waals surface area (Å²) in [7, 11) is 0. The monoisotopic (exact) mass is 545 g/mol. The highest BCUT2D eigenvalue weighted by Crippen LogP contribution is 2.40. The number of unbranched alkanes of at least 4 members (excludes halogenated alkanes) is 1. The van der Waals surface area contributed by atoms with Crippen molar-refractivity contribution >= 4 is 23.3 Å². The molecule has 0 aliphatic carbocycles. The van der Waals surface area contributed by atoms with Crippen molar-refractivity contribution in [3.05, 3.63) is 101 Å². The first-order valence-corrected chi connectivity index (χ1v) is 13.1. The van der Waals surface area contributed by atoms with E-state index in [1.165, 1.54) is 24.3 Å². The molecule has 4 aromatic rings. The molecule has 1 unspecified atom stereocenters. The Morgan fingerprint density at radius 1 is 1.02 bits per heavy atom. The summed E-state index contributed by atoms with van der Waals surface area (Å²) < 4.78 is 32.6. The highest BCUT2D eigenvalue weighted by molar-refractivity contribution is 6.13. The van der Waals surface area contributed by atoms with Gasteiger partial charge in [-0.3, -0.25) is 14.5 Å². The van der Waals surface area contributed by atoms with Crippen LogP contribution in [0.1, 0.15) is 67.1 Å². The Labute approximate surface area is 230 Å². The summed E-state index contributed by atoms with van der Waals surface area (Å²) in [4.78, 5) is 26.5. The minimum atomic E-state index is -0.898. The van der Waals surface area contributed by atoms with E-state index in [2.05, 4.69) is 10.5 Å². The number of carbonyl (C=O) groups is 2. The first kappa shape index (κ1) is 27.1. The van der Waals surface area contributed by atoms with Crippen molar-refractivity contribution < 1.29 is 28.0 Å². The molecule has 1 aliphatic heterocycles. The van der Waals surface area contributed by atoms with Crippen LogP contribution in [-0.2, 0) is 4.79 Å². The predicted octanol–water partition coefficient (Wildman–Crippen LogP) is 7.21. The molecule has 0 saturated heterocycles. The van der Waals surface area contributed by atoms with Crippen LogP contribution in [0.3, 0.4) is 0 Å². The molecular weight excluding hydrogens is 516 g/mol. The largest absolute Gasteiger partial charge is 0.481 e. The normalized spacial score (nSPS) is 17.3. The second kappa shape index (κ2) is 10.9. The lowest BCUT2D eigenvalue weighted by molar-refractivity contribution is -0.137. The fraction of sp³-hybridized carbons (Fsp3) is 0.258. The van der Waals surface area contributed by atoms with Crippen LogP contribution in [0.2, 0.25) is 0 Å². The highest BCUT2D eigenvalue weighted by atomic mass is 19.1. The van der Waals surface area contributed by atoms with Gasteiger partial charge in [0.25, 0.3) is 5.91 Å². The van der Waals surface area contributed by atoms with Crippen LogP contribution in [-0.4, -0.2) is 27.8 Å². The molecule has 0 saturated carbocycles. The van der Waals surface area contributed by atoms with Gasteiger partial charge in [0.2, 0.25) is 0 Å². The summed E-state index contributed by atoms with van der Waals surface area (Å²) >= 11 is 0. The van der Waals surface area contributed by atoms with Gasteiger partial charge in [-0.1, -0.05) is 30.3 Å². The van der Waals surface area contributed by atoms with Gasteiger partial charge >= 0.3 is 5.97 Å². The molecule has 40 heavy (non-hydrogen) atoms. The van der Waals surface area contributed by atoms with E-state index in [0.717, 1.165) is 11.1 Å². The standard InChI is InChI=1S/C31H29F2N3O4/c1-19(20-6-9-22(32)10-7-20)28-18-26(35-40-28)21-8-15-25-27(17-21)34-31(2,16-4-3-5-29(37)38)36(30(25)39)24-13-11-23(33)12-14-24/h6-15,17-19,34H,3-5,16H2,1-2H3,(H,37,38)/t19-,31?/m1/s1. The molecule has 9 heteroatoms. The summed E-state index contributed by atoms with van der Waals surface area (Å²) in [5.41, 5.74) is 2.91. The molecule has 2 heterocycles. The molecule has 2 N–H and O–H groups in total. The third-order valence-electron chi connectivity index (χ3n) is 7.36. The Morgan fingerprint density at radius 3 is 2.38 bits per heavy atom. The number of hydrogen-bond acceptors (Lipinski definition) is 5. The van der Waals surface area contributed by atoms with Gasteiger partial charge in [0.05, 0.1) is 5.56 Å². The molecule has 0 spiro atoms. The van der Waals surface area contributed by atoms with Crippen LogP contribution < -0.4 is 10.2 Å². The maximum absolute atomic E-state index is 13.8. The first-order chi connectivity index (χ1) is 19.1. The maximum atomic E-state index is 13.8. The van der Waals surface area contributed by atoms with Crippen LogP contribution in [0, 0.1) is 11.6 Å². The van der Waals surface area contributed by atoms with E-state index in [9.17, 15) is 18.4 Å². The number of aromatic nitrogens is 1. The average molecular weight is 546 g/mol. The molecular formula is C31H29F2N3O4. The van der Waals surface area contributed by atoms with E-state index >= 15 is 0 Å². The van der Waals surface area contributed by atoms with Gasteiger partial charge in [-0.05, 0) is 80.3 Å². The van der Waals surface area contributed by atoms with Crippen molar-refractivity contribution in [2.24, 2.45) is 0 Å². The fourth-order valence-electron chi connectivity index (χ4n) is 5.14. The number of nitrogens with one attached hydrogen (secondary N) is 1. The molecule has 206 valence electrons. The van der Waals surface area contributed by atoms with E-state index in [1.807, 2.05) is 26.0 Å². The fourth-order valence-corrected chi connectivity index (χ4v) is 5.14. The van der Waals surface area contributed by atoms with Crippen LogP contribution in [0.15, 0.2) is 77.3 Å². The van der Waals surface area contributed by atoms with Crippen molar-refractivity contribution in [2.75, 3.05) is 10.2 Å². The Hall–Kier alpha value is -4.53. The summed E-state index contributed by atoms with van der Waals surface area (Å²) in [6, 6.07) is 19.1. The molecule has 2 atom stereocenters. The minimum absolute atomic E-state index is 0.0339. The molecule has 1 amide bonds. The number of carboxylic acids is 1.